The molecule has 1 aliphatic rings. The van der Waals surface area contributed by atoms with Crippen molar-refractivity contribution < 1.29 is 14.6 Å². The van der Waals surface area contributed by atoms with Crippen LogP contribution in [0.25, 0.3) is 0 Å². The number of carbonyl (C=O) groups excluding carboxylic acids is 1. The molecule has 0 aromatic rings. The Labute approximate surface area is 103 Å². The second-order valence-corrected chi connectivity index (χ2v) is 4.85. The van der Waals surface area contributed by atoms with E-state index in [0.29, 0.717) is 32.5 Å². The fraction of sp³-hybridized carbons (Fsp3) is 0.917. The van der Waals surface area contributed by atoms with Crippen LogP contribution in [-0.4, -0.2) is 42.4 Å². The number of hydrogen-bond donors (Lipinski definition) is 3. The third-order valence-electron chi connectivity index (χ3n) is 3.26. The third kappa shape index (κ3) is 4.61. The van der Waals surface area contributed by atoms with Gasteiger partial charge >= 0.3 is 0 Å². The lowest BCUT2D eigenvalue weighted by Crippen LogP contribution is -2.55. The number of nitrogens with two attached hydrogens (primary N) is 1. The minimum atomic E-state index is -0.499. The Hall–Kier alpha value is -0.650. The molecule has 1 fully saturated rings. The Morgan fingerprint density at radius 2 is 2.18 bits per heavy atom. The molecule has 17 heavy (non-hydrogen) atoms. The standard InChI is InChI=1S/C12H24N2O3/c1-2-3-10(13)8-11(16)14-12(9-15)4-6-17-7-5-12/h10,15H,2-9,13H2,1H3,(H,14,16). The summed E-state index contributed by atoms with van der Waals surface area (Å²) >= 11 is 0. The predicted octanol–water partition coefficient (Wildman–Crippen LogP) is 0.162. The second-order valence-electron chi connectivity index (χ2n) is 4.85. The first-order chi connectivity index (χ1) is 8.12. The fourth-order valence-electron chi connectivity index (χ4n) is 2.14. The van der Waals surface area contributed by atoms with Crippen LogP contribution >= 0.6 is 0 Å². The Bertz CT molecular complexity index is 240. The predicted molar refractivity (Wildman–Crippen MR) is 65.5 cm³/mol. The normalized spacial score (nSPS) is 20.9. The first kappa shape index (κ1) is 14.4. The molecule has 1 saturated heterocycles. The highest BCUT2D eigenvalue weighted by atomic mass is 16.5. The molecule has 0 aromatic carbocycles. The molecule has 5 heteroatoms. The van der Waals surface area contributed by atoms with Gasteiger partial charge < -0.3 is 20.9 Å². The second kappa shape index (κ2) is 6.93. The van der Waals surface area contributed by atoms with E-state index in [1.54, 1.807) is 0 Å². The van der Waals surface area contributed by atoms with Gasteiger partial charge in [0.05, 0.1) is 12.1 Å². The summed E-state index contributed by atoms with van der Waals surface area (Å²) in [6.07, 6.45) is 3.49. The van der Waals surface area contributed by atoms with Crippen LogP contribution in [0.3, 0.4) is 0 Å². The van der Waals surface area contributed by atoms with Gasteiger partial charge in [0.2, 0.25) is 5.91 Å². The third-order valence-corrected chi connectivity index (χ3v) is 3.26. The largest absolute Gasteiger partial charge is 0.394 e. The number of rotatable bonds is 6. The molecule has 1 aliphatic heterocycles. The van der Waals surface area contributed by atoms with Crippen molar-refractivity contribution in [1.29, 1.82) is 0 Å². The van der Waals surface area contributed by atoms with Gasteiger partial charge in [0, 0.05) is 25.7 Å². The first-order valence-electron chi connectivity index (χ1n) is 6.37. The van der Waals surface area contributed by atoms with Crippen LogP contribution < -0.4 is 11.1 Å². The van der Waals surface area contributed by atoms with E-state index in [-0.39, 0.29) is 18.6 Å². The summed E-state index contributed by atoms with van der Waals surface area (Å²) in [6, 6.07) is -0.0874. The Kier molecular flexibility index (Phi) is 5.88. The maximum atomic E-state index is 11.8. The molecule has 1 atom stereocenters. The van der Waals surface area contributed by atoms with Gasteiger partial charge in [0.25, 0.3) is 0 Å². The number of carbonyl (C=O) groups is 1. The molecule has 1 unspecified atom stereocenters. The summed E-state index contributed by atoms with van der Waals surface area (Å²) in [6.45, 7) is 3.18. The molecule has 0 aliphatic carbocycles. The number of aliphatic hydroxyl groups excluding tert-OH is 1. The molecule has 0 aromatic heterocycles. The van der Waals surface area contributed by atoms with E-state index in [0.717, 1.165) is 12.8 Å². The minimum absolute atomic E-state index is 0.0366. The summed E-state index contributed by atoms with van der Waals surface area (Å²) in [5.41, 5.74) is 5.33. The molecule has 0 spiro atoms. The van der Waals surface area contributed by atoms with Gasteiger partial charge in [-0.25, -0.2) is 0 Å². The van der Waals surface area contributed by atoms with E-state index in [2.05, 4.69) is 5.32 Å². The summed E-state index contributed by atoms with van der Waals surface area (Å²) in [4.78, 5) is 11.8. The van der Waals surface area contributed by atoms with Gasteiger partial charge in [-0.15, -0.1) is 0 Å². The van der Waals surface area contributed by atoms with E-state index in [1.807, 2.05) is 6.92 Å². The lowest BCUT2D eigenvalue weighted by atomic mass is 9.90. The maximum absolute atomic E-state index is 11.8. The van der Waals surface area contributed by atoms with Gasteiger partial charge in [-0.2, -0.15) is 0 Å². The van der Waals surface area contributed by atoms with Crippen molar-refractivity contribution in [3.63, 3.8) is 0 Å². The summed E-state index contributed by atoms with van der Waals surface area (Å²) < 4.78 is 5.24. The maximum Gasteiger partial charge on any atom is 0.222 e. The topological polar surface area (TPSA) is 84.6 Å². The highest BCUT2D eigenvalue weighted by molar-refractivity contribution is 5.77. The Morgan fingerprint density at radius 3 is 2.71 bits per heavy atom. The smallest absolute Gasteiger partial charge is 0.222 e. The molecule has 1 heterocycles. The molecule has 4 N–H and O–H groups in total. The van der Waals surface area contributed by atoms with Gasteiger partial charge in [-0.3, -0.25) is 4.79 Å². The first-order valence-corrected chi connectivity index (χ1v) is 6.37. The monoisotopic (exact) mass is 244 g/mol. The molecule has 100 valence electrons. The van der Waals surface area contributed by atoms with Crippen LogP contribution in [0.2, 0.25) is 0 Å². The highest BCUT2D eigenvalue weighted by Gasteiger charge is 2.33. The van der Waals surface area contributed by atoms with Crippen molar-refractivity contribution in [3.8, 4) is 0 Å². The molecule has 5 nitrogen and oxygen atoms in total. The molecule has 1 rings (SSSR count). The van der Waals surface area contributed by atoms with Gasteiger partial charge in [-0.05, 0) is 19.3 Å². The number of nitrogens with one attached hydrogen (secondary N) is 1. The highest BCUT2D eigenvalue weighted by Crippen LogP contribution is 2.20. The van der Waals surface area contributed by atoms with E-state index in [9.17, 15) is 9.90 Å². The minimum Gasteiger partial charge on any atom is -0.394 e. The van der Waals surface area contributed by atoms with Crippen LogP contribution in [0.5, 0.6) is 0 Å². The number of amides is 1. The number of hydrogen-bond acceptors (Lipinski definition) is 4. The zero-order valence-electron chi connectivity index (χ0n) is 10.6. The fourth-order valence-corrected chi connectivity index (χ4v) is 2.14. The van der Waals surface area contributed by atoms with Gasteiger partial charge in [0.1, 0.15) is 0 Å². The van der Waals surface area contributed by atoms with Crippen LogP contribution in [-0.2, 0) is 9.53 Å². The Morgan fingerprint density at radius 1 is 1.53 bits per heavy atom. The van der Waals surface area contributed by atoms with Crippen molar-refractivity contribution in [3.05, 3.63) is 0 Å². The molecular formula is C12H24N2O3. The van der Waals surface area contributed by atoms with Crippen LogP contribution in [0.15, 0.2) is 0 Å². The van der Waals surface area contributed by atoms with Gasteiger partial charge in [0.15, 0.2) is 0 Å². The van der Waals surface area contributed by atoms with Crippen molar-refractivity contribution >= 4 is 5.91 Å². The van der Waals surface area contributed by atoms with E-state index in [1.165, 1.54) is 0 Å². The van der Waals surface area contributed by atoms with Crippen molar-refractivity contribution in [2.45, 2.75) is 50.6 Å². The zero-order chi connectivity index (χ0) is 12.7. The van der Waals surface area contributed by atoms with Crippen molar-refractivity contribution in [1.82, 2.24) is 5.32 Å². The summed E-state index contributed by atoms with van der Waals surface area (Å²) in [5, 5.41) is 12.3. The average molecular weight is 244 g/mol. The number of aliphatic hydroxyl groups is 1. The van der Waals surface area contributed by atoms with Crippen molar-refractivity contribution in [2.24, 2.45) is 5.73 Å². The molecular weight excluding hydrogens is 220 g/mol. The van der Waals surface area contributed by atoms with Crippen LogP contribution in [0, 0.1) is 0 Å². The molecule has 0 saturated carbocycles. The SMILES string of the molecule is CCCC(N)CC(=O)NC1(CO)CCOCC1. The zero-order valence-corrected chi connectivity index (χ0v) is 10.6. The molecule has 0 bridgehead atoms. The average Bonchev–Trinajstić information content (AvgIpc) is 2.30. The van der Waals surface area contributed by atoms with E-state index >= 15 is 0 Å². The van der Waals surface area contributed by atoms with E-state index < -0.39 is 5.54 Å². The molecule has 0 radical (unpaired) electrons. The van der Waals surface area contributed by atoms with E-state index in [4.69, 9.17) is 10.5 Å². The van der Waals surface area contributed by atoms with Crippen molar-refractivity contribution in [2.75, 3.05) is 19.8 Å². The summed E-state index contributed by atoms with van der Waals surface area (Å²) in [5.74, 6) is -0.0677. The number of ether oxygens (including phenoxy) is 1. The Balaban J connectivity index is 2.41. The lowest BCUT2D eigenvalue weighted by molar-refractivity contribution is -0.125. The van der Waals surface area contributed by atoms with Gasteiger partial charge in [-0.1, -0.05) is 13.3 Å². The quantitative estimate of drug-likeness (QED) is 0.621. The summed E-state index contributed by atoms with van der Waals surface area (Å²) in [7, 11) is 0. The van der Waals surface area contributed by atoms with Crippen LogP contribution in [0.4, 0.5) is 0 Å². The lowest BCUT2D eigenvalue weighted by Gasteiger charge is -2.36. The van der Waals surface area contributed by atoms with Crippen LogP contribution in [0.1, 0.15) is 39.0 Å². The molecule has 1 amide bonds.